The Morgan fingerprint density at radius 3 is 2.11 bits per heavy atom. The Balaban J connectivity index is 1.65. The van der Waals surface area contributed by atoms with E-state index in [1.807, 2.05) is 57.2 Å². The van der Waals surface area contributed by atoms with E-state index in [0.29, 0.717) is 0 Å². The molecule has 148 valence electrons. The number of alkyl carbamates (subject to hydrolysis) is 1. The normalized spacial score (nSPS) is 14.1. The molecule has 1 aliphatic carbocycles. The Morgan fingerprint density at radius 2 is 1.61 bits per heavy atom. The van der Waals surface area contributed by atoms with Crippen LogP contribution in [0.4, 0.5) is 4.79 Å². The first kappa shape index (κ1) is 20.3. The molecule has 0 bridgehead atoms. The maximum Gasteiger partial charge on any atom is 0.407 e. The molecular formula is C22H25NO4S. The van der Waals surface area contributed by atoms with Crippen molar-refractivity contribution in [2.45, 2.75) is 37.5 Å². The Hall–Kier alpha value is -2.47. The van der Waals surface area contributed by atoms with E-state index in [1.54, 1.807) is 0 Å². The highest BCUT2D eigenvalue weighted by atomic mass is 32.2. The molecule has 0 heterocycles. The summed E-state index contributed by atoms with van der Waals surface area (Å²) in [6.07, 6.45) is -0.705. The molecular weight excluding hydrogens is 374 g/mol. The summed E-state index contributed by atoms with van der Waals surface area (Å²) in [5, 5.41) is 11.9. The molecule has 28 heavy (non-hydrogen) atoms. The molecule has 0 aromatic heterocycles. The molecule has 0 spiro atoms. The molecule has 1 amide bonds. The first-order chi connectivity index (χ1) is 13.3. The standard InChI is InChI=1S/C22H25NO4S/c1-22(2,3)28-13-19(20(24)25)23-21(26)27-12-18-16-10-6-4-8-14(16)15-9-5-7-11-17(15)18/h4-11,18-19H,12-13H2,1-3H3,(H,23,26)(H,24,25)/t19-/m1/s1. The number of aliphatic carboxylic acids is 1. The number of ether oxygens (including phenoxy) is 1. The van der Waals surface area contributed by atoms with Crippen LogP contribution in [0.25, 0.3) is 11.1 Å². The molecule has 0 radical (unpaired) electrons. The van der Waals surface area contributed by atoms with Crippen molar-refractivity contribution in [3.8, 4) is 11.1 Å². The lowest BCUT2D eigenvalue weighted by Gasteiger charge is -2.21. The van der Waals surface area contributed by atoms with Crippen molar-refractivity contribution in [1.29, 1.82) is 0 Å². The molecule has 1 aliphatic rings. The highest BCUT2D eigenvalue weighted by Crippen LogP contribution is 2.44. The van der Waals surface area contributed by atoms with Crippen LogP contribution in [-0.2, 0) is 9.53 Å². The zero-order valence-electron chi connectivity index (χ0n) is 16.3. The molecule has 2 aromatic carbocycles. The molecule has 0 saturated carbocycles. The van der Waals surface area contributed by atoms with E-state index < -0.39 is 18.1 Å². The number of nitrogens with one attached hydrogen (secondary N) is 1. The second-order valence-electron chi connectivity index (χ2n) is 7.78. The fourth-order valence-corrected chi connectivity index (χ4v) is 4.18. The number of carboxylic acid groups (broad SMARTS) is 1. The van der Waals surface area contributed by atoms with Crippen molar-refractivity contribution in [1.82, 2.24) is 5.32 Å². The van der Waals surface area contributed by atoms with Gasteiger partial charge in [0.05, 0.1) is 0 Å². The highest BCUT2D eigenvalue weighted by molar-refractivity contribution is 8.00. The first-order valence-electron chi connectivity index (χ1n) is 9.24. The smallest absolute Gasteiger partial charge is 0.407 e. The summed E-state index contributed by atoms with van der Waals surface area (Å²) in [6.45, 7) is 6.18. The zero-order chi connectivity index (χ0) is 20.3. The van der Waals surface area contributed by atoms with Crippen LogP contribution in [0.1, 0.15) is 37.8 Å². The lowest BCUT2D eigenvalue weighted by molar-refractivity contribution is -0.138. The SMILES string of the molecule is CC(C)(C)SC[C@@H](NC(=O)OCC1c2ccccc2-c2ccccc21)C(=O)O. The second kappa shape index (κ2) is 8.27. The minimum absolute atomic E-state index is 0.0506. The number of rotatable bonds is 6. The number of benzene rings is 2. The molecule has 5 nitrogen and oxygen atoms in total. The highest BCUT2D eigenvalue weighted by Gasteiger charge is 2.30. The van der Waals surface area contributed by atoms with Crippen LogP contribution in [0.3, 0.4) is 0 Å². The molecule has 0 aliphatic heterocycles. The molecule has 2 aromatic rings. The molecule has 3 rings (SSSR count). The van der Waals surface area contributed by atoms with Crippen LogP contribution in [0.5, 0.6) is 0 Å². The number of carbonyl (C=O) groups excluding carboxylic acids is 1. The summed E-state index contributed by atoms with van der Waals surface area (Å²) in [7, 11) is 0. The topological polar surface area (TPSA) is 75.6 Å². The van der Waals surface area contributed by atoms with Gasteiger partial charge in [-0.3, -0.25) is 0 Å². The number of hydrogen-bond acceptors (Lipinski definition) is 4. The van der Waals surface area contributed by atoms with Crippen LogP contribution in [0, 0.1) is 0 Å². The Labute approximate surface area is 169 Å². The van der Waals surface area contributed by atoms with Crippen molar-refractivity contribution < 1.29 is 19.4 Å². The number of hydrogen-bond donors (Lipinski definition) is 2. The van der Waals surface area contributed by atoms with Gasteiger partial charge in [0.25, 0.3) is 0 Å². The average Bonchev–Trinajstić information content (AvgIpc) is 2.96. The third kappa shape index (κ3) is 4.68. The molecule has 0 saturated heterocycles. The average molecular weight is 400 g/mol. The fraction of sp³-hybridized carbons (Fsp3) is 0.364. The minimum Gasteiger partial charge on any atom is -0.480 e. The van der Waals surface area contributed by atoms with Crippen molar-refractivity contribution in [3.63, 3.8) is 0 Å². The number of fused-ring (bicyclic) bond motifs is 3. The van der Waals surface area contributed by atoms with E-state index in [2.05, 4.69) is 17.4 Å². The van der Waals surface area contributed by atoms with Gasteiger partial charge in [0.2, 0.25) is 0 Å². The predicted octanol–water partition coefficient (Wildman–Crippen LogP) is 4.51. The van der Waals surface area contributed by atoms with E-state index >= 15 is 0 Å². The van der Waals surface area contributed by atoms with Crippen molar-refractivity contribution in [2.75, 3.05) is 12.4 Å². The van der Waals surface area contributed by atoms with Gasteiger partial charge in [-0.2, -0.15) is 11.8 Å². The van der Waals surface area contributed by atoms with Gasteiger partial charge in [-0.15, -0.1) is 0 Å². The molecule has 0 unspecified atom stereocenters. The number of amides is 1. The van der Waals surface area contributed by atoms with Crippen molar-refractivity contribution in [3.05, 3.63) is 59.7 Å². The summed E-state index contributed by atoms with van der Waals surface area (Å²) >= 11 is 1.49. The van der Waals surface area contributed by atoms with E-state index in [1.165, 1.54) is 11.8 Å². The Kier molecular flexibility index (Phi) is 5.98. The minimum atomic E-state index is -1.06. The van der Waals surface area contributed by atoms with Gasteiger partial charge >= 0.3 is 12.1 Å². The number of thioether (sulfide) groups is 1. The van der Waals surface area contributed by atoms with E-state index in [9.17, 15) is 14.7 Å². The maximum absolute atomic E-state index is 12.3. The van der Waals surface area contributed by atoms with E-state index in [4.69, 9.17) is 4.74 Å². The maximum atomic E-state index is 12.3. The Morgan fingerprint density at radius 1 is 1.07 bits per heavy atom. The fourth-order valence-electron chi connectivity index (χ4n) is 3.29. The third-order valence-electron chi connectivity index (χ3n) is 4.62. The van der Waals surface area contributed by atoms with Gasteiger partial charge in [-0.25, -0.2) is 9.59 Å². The van der Waals surface area contributed by atoms with Gasteiger partial charge < -0.3 is 15.2 Å². The predicted molar refractivity (Wildman–Crippen MR) is 112 cm³/mol. The van der Waals surface area contributed by atoms with Crippen LogP contribution < -0.4 is 5.32 Å². The van der Waals surface area contributed by atoms with Gasteiger partial charge in [0.1, 0.15) is 12.6 Å². The van der Waals surface area contributed by atoms with Crippen LogP contribution in [0.15, 0.2) is 48.5 Å². The second-order valence-corrected chi connectivity index (χ2v) is 9.63. The summed E-state index contributed by atoms with van der Waals surface area (Å²) < 4.78 is 5.34. The largest absolute Gasteiger partial charge is 0.480 e. The molecule has 1 atom stereocenters. The lowest BCUT2D eigenvalue weighted by atomic mass is 9.98. The third-order valence-corrected chi connectivity index (χ3v) is 5.98. The van der Waals surface area contributed by atoms with E-state index in [0.717, 1.165) is 22.3 Å². The summed E-state index contributed by atoms with van der Waals surface area (Å²) in [6, 6.07) is 15.2. The summed E-state index contributed by atoms with van der Waals surface area (Å²) in [5.74, 6) is -0.834. The van der Waals surface area contributed by atoms with E-state index in [-0.39, 0.29) is 23.0 Å². The molecule has 6 heteroatoms. The van der Waals surface area contributed by atoms with Crippen LogP contribution in [0.2, 0.25) is 0 Å². The van der Waals surface area contributed by atoms with Gasteiger partial charge in [0.15, 0.2) is 0 Å². The van der Waals surface area contributed by atoms with Gasteiger partial charge in [-0.1, -0.05) is 69.3 Å². The first-order valence-corrected chi connectivity index (χ1v) is 10.2. The summed E-state index contributed by atoms with van der Waals surface area (Å²) in [4.78, 5) is 23.7. The zero-order valence-corrected chi connectivity index (χ0v) is 17.1. The lowest BCUT2D eigenvalue weighted by Crippen LogP contribution is -2.43. The Bertz CT molecular complexity index is 829. The van der Waals surface area contributed by atoms with Crippen molar-refractivity contribution >= 4 is 23.8 Å². The molecule has 2 N–H and O–H groups in total. The molecule has 0 fully saturated rings. The summed E-state index contributed by atoms with van der Waals surface area (Å²) in [5.41, 5.74) is 4.54. The van der Waals surface area contributed by atoms with Gasteiger partial charge in [-0.05, 0) is 22.3 Å². The van der Waals surface area contributed by atoms with Crippen LogP contribution in [-0.4, -0.2) is 40.3 Å². The monoisotopic (exact) mass is 399 g/mol. The van der Waals surface area contributed by atoms with Crippen LogP contribution >= 0.6 is 11.8 Å². The quantitative estimate of drug-likeness (QED) is 0.747. The van der Waals surface area contributed by atoms with Gasteiger partial charge in [0, 0.05) is 16.4 Å². The van der Waals surface area contributed by atoms with Crippen molar-refractivity contribution in [2.24, 2.45) is 0 Å². The number of carbonyl (C=O) groups is 2. The number of carboxylic acids is 1.